The van der Waals surface area contributed by atoms with Gasteiger partial charge >= 0.3 is 0 Å². The standard InChI is InChI=1S/C19H27N3.C11H27N3/c1-20(2)18-12-8-6-10-16(18)14-22(5)15-17-11-7-9-13-19(17)21(3)4;1-12(2)8-6-10-14(5)11-7-9-13(3)4/h6-13H,14-15H2,1-5H3;6-11H2,1-5H3. The third-order valence-corrected chi connectivity index (χ3v) is 6.12. The summed E-state index contributed by atoms with van der Waals surface area (Å²) in [6.45, 7) is 6.69. The third kappa shape index (κ3) is 13.3. The molecule has 0 N–H and O–H groups in total. The number of benzene rings is 2. The van der Waals surface area contributed by atoms with Gasteiger partial charge in [0.25, 0.3) is 0 Å². The summed E-state index contributed by atoms with van der Waals surface area (Å²) < 4.78 is 0. The molecule has 0 spiro atoms. The van der Waals surface area contributed by atoms with Gasteiger partial charge in [-0.1, -0.05) is 36.4 Å². The summed E-state index contributed by atoms with van der Waals surface area (Å²) in [6.07, 6.45) is 2.54. The van der Waals surface area contributed by atoms with Gasteiger partial charge in [-0.05, 0) is 105 Å². The third-order valence-electron chi connectivity index (χ3n) is 6.12. The van der Waals surface area contributed by atoms with Crippen LogP contribution in [-0.2, 0) is 13.1 Å². The van der Waals surface area contributed by atoms with Gasteiger partial charge in [-0.2, -0.15) is 0 Å². The molecule has 0 amide bonds. The molecule has 0 unspecified atom stereocenters. The highest BCUT2D eigenvalue weighted by atomic mass is 15.1. The fraction of sp³-hybridized carbons (Fsp3) is 0.600. The van der Waals surface area contributed by atoms with Gasteiger partial charge in [-0.3, -0.25) is 4.90 Å². The van der Waals surface area contributed by atoms with E-state index in [0.29, 0.717) is 0 Å². The Hall–Kier alpha value is -2.12. The van der Waals surface area contributed by atoms with Gasteiger partial charge < -0.3 is 24.5 Å². The van der Waals surface area contributed by atoms with Crippen LogP contribution in [0.4, 0.5) is 11.4 Å². The summed E-state index contributed by atoms with van der Waals surface area (Å²) in [5.74, 6) is 0. The van der Waals surface area contributed by atoms with Crippen molar-refractivity contribution in [3.05, 3.63) is 59.7 Å². The first-order chi connectivity index (χ1) is 17.0. The van der Waals surface area contributed by atoms with Crippen LogP contribution in [0, 0.1) is 0 Å². The van der Waals surface area contributed by atoms with Crippen LogP contribution < -0.4 is 9.80 Å². The first-order valence-corrected chi connectivity index (χ1v) is 13.2. The summed E-state index contributed by atoms with van der Waals surface area (Å²) in [5.41, 5.74) is 5.29. The fourth-order valence-electron chi connectivity index (χ4n) is 4.22. The van der Waals surface area contributed by atoms with Crippen molar-refractivity contribution < 1.29 is 0 Å². The molecule has 0 atom stereocenters. The molecule has 0 radical (unpaired) electrons. The largest absolute Gasteiger partial charge is 0.377 e. The van der Waals surface area contributed by atoms with Crippen molar-refractivity contribution >= 4 is 11.4 Å². The van der Waals surface area contributed by atoms with Crippen LogP contribution in [0.5, 0.6) is 0 Å². The van der Waals surface area contributed by atoms with Crippen molar-refractivity contribution in [1.29, 1.82) is 0 Å². The molecule has 0 saturated heterocycles. The van der Waals surface area contributed by atoms with Crippen LogP contribution in [0.1, 0.15) is 24.0 Å². The Morgan fingerprint density at radius 3 is 1.14 bits per heavy atom. The zero-order chi connectivity index (χ0) is 27.1. The van der Waals surface area contributed by atoms with E-state index in [0.717, 1.165) is 13.1 Å². The average Bonchev–Trinajstić information content (AvgIpc) is 2.79. The quantitative estimate of drug-likeness (QED) is 0.385. The molecule has 0 saturated carbocycles. The molecule has 0 aromatic heterocycles. The zero-order valence-electron chi connectivity index (χ0n) is 25.0. The monoisotopic (exact) mass is 498 g/mol. The van der Waals surface area contributed by atoms with Crippen molar-refractivity contribution in [2.24, 2.45) is 0 Å². The fourth-order valence-corrected chi connectivity index (χ4v) is 4.22. The van der Waals surface area contributed by atoms with Gasteiger partial charge in [0.1, 0.15) is 0 Å². The minimum Gasteiger partial charge on any atom is -0.377 e. The maximum Gasteiger partial charge on any atom is 0.0406 e. The Kier molecular flexibility index (Phi) is 15.4. The van der Waals surface area contributed by atoms with E-state index in [9.17, 15) is 0 Å². The number of para-hydroxylation sites is 2. The molecule has 0 aliphatic carbocycles. The van der Waals surface area contributed by atoms with E-state index in [1.165, 1.54) is 61.5 Å². The predicted octanol–water partition coefficient (Wildman–Crippen LogP) is 4.27. The molecule has 2 rings (SSSR count). The van der Waals surface area contributed by atoms with Crippen LogP contribution in [0.3, 0.4) is 0 Å². The Labute approximate surface area is 223 Å². The second-order valence-electron chi connectivity index (χ2n) is 10.8. The van der Waals surface area contributed by atoms with Crippen molar-refractivity contribution in [2.45, 2.75) is 25.9 Å². The number of anilines is 2. The smallest absolute Gasteiger partial charge is 0.0406 e. The van der Waals surface area contributed by atoms with Gasteiger partial charge in [0, 0.05) is 52.7 Å². The maximum absolute atomic E-state index is 2.42. The minimum absolute atomic E-state index is 0.941. The van der Waals surface area contributed by atoms with Crippen LogP contribution in [0.25, 0.3) is 0 Å². The summed E-state index contributed by atoms with van der Waals surface area (Å²) in [5, 5.41) is 0. The normalized spacial score (nSPS) is 11.3. The van der Waals surface area contributed by atoms with Gasteiger partial charge in [-0.15, -0.1) is 0 Å². The second-order valence-corrected chi connectivity index (χ2v) is 10.8. The van der Waals surface area contributed by atoms with E-state index in [2.05, 4.69) is 148 Å². The van der Waals surface area contributed by atoms with Gasteiger partial charge in [0.05, 0.1) is 0 Å². The van der Waals surface area contributed by atoms with Crippen molar-refractivity contribution in [2.75, 3.05) is 106 Å². The first-order valence-electron chi connectivity index (χ1n) is 13.2. The SMILES string of the molecule is CN(C)CCCN(C)CCCN(C)C.CN(Cc1ccccc1N(C)C)Cc1ccccc1N(C)C. The maximum atomic E-state index is 2.42. The van der Waals surface area contributed by atoms with E-state index in [4.69, 9.17) is 0 Å². The van der Waals surface area contributed by atoms with Crippen molar-refractivity contribution in [1.82, 2.24) is 19.6 Å². The van der Waals surface area contributed by atoms with Crippen LogP contribution in [0.15, 0.2) is 48.5 Å². The highest BCUT2D eigenvalue weighted by Crippen LogP contribution is 2.23. The van der Waals surface area contributed by atoms with Crippen LogP contribution in [0.2, 0.25) is 0 Å². The molecule has 2 aromatic rings. The number of hydrogen-bond acceptors (Lipinski definition) is 6. The van der Waals surface area contributed by atoms with Gasteiger partial charge in [-0.25, -0.2) is 0 Å². The Morgan fingerprint density at radius 1 is 0.444 bits per heavy atom. The molecule has 36 heavy (non-hydrogen) atoms. The number of rotatable bonds is 14. The lowest BCUT2D eigenvalue weighted by Crippen LogP contribution is -2.26. The molecule has 0 aliphatic heterocycles. The van der Waals surface area contributed by atoms with E-state index in [-0.39, 0.29) is 0 Å². The number of nitrogens with zero attached hydrogens (tertiary/aromatic N) is 6. The van der Waals surface area contributed by atoms with Crippen molar-refractivity contribution in [3.8, 4) is 0 Å². The summed E-state index contributed by atoms with van der Waals surface area (Å²) >= 11 is 0. The highest BCUT2D eigenvalue weighted by molar-refractivity contribution is 5.53. The lowest BCUT2D eigenvalue weighted by atomic mass is 10.1. The van der Waals surface area contributed by atoms with Gasteiger partial charge in [0.2, 0.25) is 0 Å². The summed E-state index contributed by atoms with van der Waals surface area (Å²) in [6, 6.07) is 17.2. The van der Waals surface area contributed by atoms with E-state index >= 15 is 0 Å². The molecule has 0 bridgehead atoms. The molecule has 6 nitrogen and oxygen atoms in total. The second kappa shape index (κ2) is 17.4. The van der Waals surface area contributed by atoms with E-state index in [1.807, 2.05) is 0 Å². The number of hydrogen-bond donors (Lipinski definition) is 0. The zero-order valence-corrected chi connectivity index (χ0v) is 25.0. The predicted molar refractivity (Wildman–Crippen MR) is 161 cm³/mol. The molecule has 0 heterocycles. The molecular formula is C30H54N6. The molecular weight excluding hydrogens is 444 g/mol. The van der Waals surface area contributed by atoms with Gasteiger partial charge in [0.15, 0.2) is 0 Å². The minimum atomic E-state index is 0.941. The van der Waals surface area contributed by atoms with Crippen LogP contribution in [-0.4, -0.2) is 116 Å². The lowest BCUT2D eigenvalue weighted by molar-refractivity contribution is 0.281. The topological polar surface area (TPSA) is 19.4 Å². The molecule has 6 heteroatoms. The van der Waals surface area contributed by atoms with E-state index < -0.39 is 0 Å². The molecule has 204 valence electrons. The first kappa shape index (κ1) is 31.9. The summed E-state index contributed by atoms with van der Waals surface area (Å²) in [4.78, 5) is 13.6. The van der Waals surface area contributed by atoms with E-state index in [1.54, 1.807) is 0 Å². The Bertz CT molecular complexity index is 766. The molecule has 2 aromatic carbocycles. The average molecular weight is 499 g/mol. The molecule has 0 aliphatic rings. The van der Waals surface area contributed by atoms with Crippen LogP contribution >= 0.6 is 0 Å². The molecule has 0 fully saturated rings. The Morgan fingerprint density at radius 2 is 0.806 bits per heavy atom. The highest BCUT2D eigenvalue weighted by Gasteiger charge is 2.10. The lowest BCUT2D eigenvalue weighted by Gasteiger charge is -2.24. The van der Waals surface area contributed by atoms with Crippen molar-refractivity contribution in [3.63, 3.8) is 0 Å². The summed E-state index contributed by atoms with van der Waals surface area (Å²) in [7, 11) is 21.3. The Balaban J connectivity index is 0.000000402.